The first-order valence-electron chi connectivity index (χ1n) is 5.92. The molecule has 1 N–H and O–H groups in total. The van der Waals surface area contributed by atoms with Crippen molar-refractivity contribution >= 4 is 31.9 Å². The van der Waals surface area contributed by atoms with Crippen LogP contribution in [0.4, 0.5) is 0 Å². The molecule has 0 amide bonds. The van der Waals surface area contributed by atoms with Gasteiger partial charge >= 0.3 is 5.97 Å². The van der Waals surface area contributed by atoms with Crippen LogP contribution >= 0.6 is 15.9 Å². The SMILES string of the molecule is O=C(O)c1cc(S(=O)(=O)N2CCn3ccnc3C2)c(Br)o1. The molecule has 0 aromatic carbocycles. The monoisotopic (exact) mass is 375 g/mol. The van der Waals surface area contributed by atoms with Crippen LogP contribution in [0.3, 0.4) is 0 Å². The number of furan rings is 1. The normalized spacial score (nSPS) is 15.9. The van der Waals surface area contributed by atoms with E-state index in [2.05, 4.69) is 20.9 Å². The van der Waals surface area contributed by atoms with E-state index in [1.54, 1.807) is 12.4 Å². The minimum absolute atomic E-state index is 0.117. The smallest absolute Gasteiger partial charge is 0.371 e. The van der Waals surface area contributed by atoms with Gasteiger partial charge in [-0.15, -0.1) is 0 Å². The Bertz CT molecular complexity index is 810. The summed E-state index contributed by atoms with van der Waals surface area (Å²) in [6.07, 6.45) is 3.40. The Labute approximate surface area is 128 Å². The molecule has 3 heterocycles. The van der Waals surface area contributed by atoms with E-state index in [1.165, 1.54) is 4.31 Å². The highest BCUT2D eigenvalue weighted by Crippen LogP contribution is 2.30. The van der Waals surface area contributed by atoms with Crippen LogP contribution in [0.15, 0.2) is 32.4 Å². The van der Waals surface area contributed by atoms with Gasteiger partial charge in [0.15, 0.2) is 4.67 Å². The lowest BCUT2D eigenvalue weighted by Crippen LogP contribution is -2.38. The van der Waals surface area contributed by atoms with E-state index in [0.29, 0.717) is 12.4 Å². The number of aromatic carboxylic acids is 1. The minimum Gasteiger partial charge on any atom is -0.475 e. The molecule has 0 saturated heterocycles. The third kappa shape index (κ3) is 2.39. The maximum atomic E-state index is 12.6. The highest BCUT2D eigenvalue weighted by Gasteiger charge is 2.33. The molecule has 0 fully saturated rings. The second-order valence-corrected chi connectivity index (χ2v) is 7.06. The van der Waals surface area contributed by atoms with Crippen molar-refractivity contribution in [2.75, 3.05) is 6.54 Å². The van der Waals surface area contributed by atoms with Crippen molar-refractivity contribution in [3.63, 3.8) is 0 Å². The predicted molar refractivity (Wildman–Crippen MR) is 73.2 cm³/mol. The van der Waals surface area contributed by atoms with Crippen LogP contribution in [0.1, 0.15) is 16.4 Å². The molecule has 21 heavy (non-hydrogen) atoms. The van der Waals surface area contributed by atoms with Crippen LogP contribution in [0, 0.1) is 0 Å². The quantitative estimate of drug-likeness (QED) is 0.861. The number of sulfonamides is 1. The van der Waals surface area contributed by atoms with E-state index in [0.717, 1.165) is 6.07 Å². The minimum atomic E-state index is -3.85. The second kappa shape index (κ2) is 4.97. The number of rotatable bonds is 3. The van der Waals surface area contributed by atoms with Crippen molar-refractivity contribution in [1.29, 1.82) is 0 Å². The van der Waals surface area contributed by atoms with Crippen LogP contribution in [0.25, 0.3) is 0 Å². The van der Waals surface area contributed by atoms with E-state index in [1.807, 2.05) is 4.57 Å². The van der Waals surface area contributed by atoms with E-state index < -0.39 is 21.8 Å². The Hall–Kier alpha value is -1.65. The summed E-state index contributed by atoms with van der Waals surface area (Å²) in [4.78, 5) is 14.8. The van der Waals surface area contributed by atoms with Crippen molar-refractivity contribution in [2.45, 2.75) is 18.0 Å². The zero-order chi connectivity index (χ0) is 15.2. The summed E-state index contributed by atoms with van der Waals surface area (Å²) >= 11 is 2.96. The number of hydrogen-bond acceptors (Lipinski definition) is 5. The van der Waals surface area contributed by atoms with Crippen LogP contribution < -0.4 is 0 Å². The van der Waals surface area contributed by atoms with Crippen LogP contribution in [0.5, 0.6) is 0 Å². The molecule has 112 valence electrons. The summed E-state index contributed by atoms with van der Waals surface area (Å²) in [7, 11) is -3.85. The molecule has 2 aromatic heterocycles. The van der Waals surface area contributed by atoms with Gasteiger partial charge in [-0.1, -0.05) is 0 Å². The molecule has 0 bridgehead atoms. The largest absolute Gasteiger partial charge is 0.475 e. The topological polar surface area (TPSA) is 106 Å². The first kappa shape index (κ1) is 14.3. The van der Waals surface area contributed by atoms with Gasteiger partial charge in [-0.05, 0) is 15.9 Å². The highest BCUT2D eigenvalue weighted by atomic mass is 79.9. The molecule has 10 heteroatoms. The van der Waals surface area contributed by atoms with Gasteiger partial charge in [0.25, 0.3) is 0 Å². The zero-order valence-corrected chi connectivity index (χ0v) is 13.0. The first-order valence-corrected chi connectivity index (χ1v) is 8.15. The summed E-state index contributed by atoms with van der Waals surface area (Å²) in [5.74, 6) is -1.12. The maximum absolute atomic E-state index is 12.6. The first-order chi connectivity index (χ1) is 9.89. The van der Waals surface area contributed by atoms with Crippen molar-refractivity contribution in [1.82, 2.24) is 13.9 Å². The van der Waals surface area contributed by atoms with Gasteiger partial charge in [-0.3, -0.25) is 0 Å². The molecule has 2 aromatic rings. The number of carbonyl (C=O) groups is 1. The van der Waals surface area contributed by atoms with Crippen LogP contribution in [0.2, 0.25) is 0 Å². The lowest BCUT2D eigenvalue weighted by molar-refractivity contribution is 0.0661. The van der Waals surface area contributed by atoms with E-state index in [9.17, 15) is 13.2 Å². The number of carboxylic acid groups (broad SMARTS) is 1. The van der Waals surface area contributed by atoms with Gasteiger partial charge in [0.05, 0.1) is 6.54 Å². The van der Waals surface area contributed by atoms with Crippen LogP contribution in [-0.4, -0.2) is 39.9 Å². The average molecular weight is 376 g/mol. The molecule has 0 spiro atoms. The number of imidazole rings is 1. The van der Waals surface area contributed by atoms with Crippen molar-refractivity contribution in [3.05, 3.63) is 34.7 Å². The van der Waals surface area contributed by atoms with E-state index in [4.69, 9.17) is 9.52 Å². The fraction of sp³-hybridized carbons (Fsp3) is 0.273. The van der Waals surface area contributed by atoms with Crippen molar-refractivity contribution in [3.8, 4) is 0 Å². The fourth-order valence-corrected chi connectivity index (χ4v) is 4.42. The van der Waals surface area contributed by atoms with E-state index >= 15 is 0 Å². The number of hydrogen-bond donors (Lipinski definition) is 1. The summed E-state index contributed by atoms with van der Waals surface area (Å²) in [5.41, 5.74) is 0. The molecule has 0 radical (unpaired) electrons. The third-order valence-corrected chi connectivity index (χ3v) is 5.90. The number of aromatic nitrogens is 2. The summed E-state index contributed by atoms with van der Waals surface area (Å²) < 4.78 is 33.1. The molecule has 0 saturated carbocycles. The van der Waals surface area contributed by atoms with Gasteiger partial charge in [-0.2, -0.15) is 4.31 Å². The fourth-order valence-electron chi connectivity index (χ4n) is 2.13. The third-order valence-electron chi connectivity index (χ3n) is 3.19. The number of carboxylic acids is 1. The zero-order valence-electron chi connectivity index (χ0n) is 10.6. The Balaban J connectivity index is 1.96. The van der Waals surface area contributed by atoms with Gasteiger partial charge in [0.1, 0.15) is 10.7 Å². The van der Waals surface area contributed by atoms with Gasteiger partial charge in [0.2, 0.25) is 15.8 Å². The molecular formula is C11H10BrN3O5S. The van der Waals surface area contributed by atoms with Crippen molar-refractivity contribution in [2.24, 2.45) is 0 Å². The predicted octanol–water partition coefficient (Wildman–Crippen LogP) is 1.14. The molecule has 0 unspecified atom stereocenters. The average Bonchev–Trinajstić information content (AvgIpc) is 3.03. The van der Waals surface area contributed by atoms with Crippen LogP contribution in [-0.2, 0) is 23.1 Å². The molecule has 1 aliphatic heterocycles. The number of fused-ring (bicyclic) bond motifs is 1. The van der Waals surface area contributed by atoms with Crippen molar-refractivity contribution < 1.29 is 22.7 Å². The summed E-state index contributed by atoms with van der Waals surface area (Å²) in [6, 6.07) is 1.00. The molecular weight excluding hydrogens is 366 g/mol. The number of halogens is 1. The lowest BCUT2D eigenvalue weighted by atomic mass is 10.4. The Morgan fingerprint density at radius 2 is 2.19 bits per heavy atom. The highest BCUT2D eigenvalue weighted by molar-refractivity contribution is 9.10. The van der Waals surface area contributed by atoms with Gasteiger partial charge in [-0.25, -0.2) is 18.2 Å². The van der Waals surface area contributed by atoms with Gasteiger partial charge in [0, 0.05) is 31.5 Å². The summed E-state index contributed by atoms with van der Waals surface area (Å²) in [5, 5.41) is 8.86. The Kier molecular flexibility index (Phi) is 3.38. The molecule has 0 aliphatic carbocycles. The number of nitrogens with zero attached hydrogens (tertiary/aromatic N) is 3. The standard InChI is InChI=1S/C11H10BrN3O5S/c12-10-8(5-7(20-10)11(16)17)21(18,19)15-4-3-14-2-1-13-9(14)6-15/h1-2,5H,3-4,6H2,(H,16,17). The summed E-state index contributed by atoms with van der Waals surface area (Å²) in [6.45, 7) is 0.914. The van der Waals surface area contributed by atoms with Gasteiger partial charge < -0.3 is 14.1 Å². The molecule has 0 atom stereocenters. The molecule has 1 aliphatic rings. The maximum Gasteiger partial charge on any atom is 0.371 e. The second-order valence-electron chi connectivity index (χ2n) is 4.43. The Morgan fingerprint density at radius 3 is 2.86 bits per heavy atom. The Morgan fingerprint density at radius 1 is 1.43 bits per heavy atom. The molecule has 8 nitrogen and oxygen atoms in total. The molecule has 3 rings (SSSR count). The lowest BCUT2D eigenvalue weighted by Gasteiger charge is -2.26. The van der Waals surface area contributed by atoms with E-state index in [-0.39, 0.29) is 22.7 Å².